The maximum absolute atomic E-state index is 15.2. The van der Waals surface area contributed by atoms with Crippen LogP contribution >= 0.6 is 0 Å². The van der Waals surface area contributed by atoms with Crippen molar-refractivity contribution in [2.45, 2.75) is 188 Å². The summed E-state index contributed by atoms with van der Waals surface area (Å²) in [6.45, 7) is 20.5. The molecular formula is C59H90N8O11. The lowest BCUT2D eigenvalue weighted by molar-refractivity contribution is -0.174. The Morgan fingerprint density at radius 2 is 1.12 bits per heavy atom. The summed E-state index contributed by atoms with van der Waals surface area (Å²) in [5.74, 6) is -8.82. The predicted molar refractivity (Wildman–Crippen MR) is 297 cm³/mol. The molecule has 0 aromatic heterocycles. The number of rotatable bonds is 13. The number of benzene rings is 2. The van der Waals surface area contributed by atoms with E-state index in [2.05, 4.69) is 21.3 Å². The van der Waals surface area contributed by atoms with E-state index < -0.39 is 137 Å². The van der Waals surface area contributed by atoms with Gasteiger partial charge in [-0.2, -0.15) is 0 Å². The average Bonchev–Trinajstić information content (AvgIpc) is 3.89. The Balaban J connectivity index is 1.95. The maximum atomic E-state index is 15.2. The van der Waals surface area contributed by atoms with E-state index in [1.165, 1.54) is 49.7 Å². The number of cyclic esters (lactones) is 1. The van der Waals surface area contributed by atoms with Crippen LogP contribution in [0.5, 0.6) is 0 Å². The molecule has 2 aliphatic heterocycles. The molecule has 2 aromatic rings. The van der Waals surface area contributed by atoms with E-state index in [1.54, 1.807) is 72.7 Å². The van der Waals surface area contributed by atoms with Crippen molar-refractivity contribution in [1.82, 2.24) is 40.9 Å². The van der Waals surface area contributed by atoms with Crippen LogP contribution in [0, 0.1) is 29.6 Å². The van der Waals surface area contributed by atoms with E-state index in [0.717, 1.165) is 10.5 Å². The first kappa shape index (κ1) is 64.2. The first-order chi connectivity index (χ1) is 36.5. The van der Waals surface area contributed by atoms with Crippen molar-refractivity contribution < 1.29 is 53.0 Å². The molecule has 0 saturated carbocycles. The number of hydrogen-bond donors (Lipinski definition) is 5. The highest BCUT2D eigenvalue weighted by Gasteiger charge is 2.47. The van der Waals surface area contributed by atoms with E-state index in [4.69, 9.17) is 4.74 Å². The zero-order valence-corrected chi connectivity index (χ0v) is 48.8. The topological polar surface area (TPSA) is 244 Å². The summed E-state index contributed by atoms with van der Waals surface area (Å²) in [6, 6.07) is 8.01. The van der Waals surface area contributed by atoms with Gasteiger partial charge in [0, 0.05) is 46.4 Å². The zero-order chi connectivity index (χ0) is 58.5. The van der Waals surface area contributed by atoms with Crippen LogP contribution in [-0.4, -0.2) is 166 Å². The third kappa shape index (κ3) is 16.3. The van der Waals surface area contributed by atoms with Gasteiger partial charge in [0.1, 0.15) is 42.3 Å². The zero-order valence-electron chi connectivity index (χ0n) is 48.8. The second-order valence-corrected chi connectivity index (χ2v) is 23.3. The van der Waals surface area contributed by atoms with Crippen molar-refractivity contribution >= 4 is 53.2 Å². The first-order valence-electron chi connectivity index (χ1n) is 27.9. The number of esters is 1. The van der Waals surface area contributed by atoms with E-state index in [-0.39, 0.29) is 38.1 Å². The molecule has 0 bridgehead atoms. The van der Waals surface area contributed by atoms with Crippen LogP contribution in [0.1, 0.15) is 126 Å². The lowest BCUT2D eigenvalue weighted by atomic mass is 9.93. The SMILES string of the molecule is CC[C@@H](C)[C@@H]1NC(=O)[C@@H]2CCCN2C(=O)[C@H](Cc2ccccc2)N(C)C(=O)[C@H](Cc2ccccc2)NC(=O)[C@H](C(C)C)NC(=O)[C@@H]([C@H](C)CC)OC(=O)[C@H](C(C)(C)O)N(C)C(=O)[C@H](CC(C)C)NC(=O)[C@H](C(C)C)N(C)C1=O. The monoisotopic (exact) mass is 1090 g/mol. The number of nitrogens with one attached hydrogen (secondary N) is 4. The molecule has 2 fully saturated rings. The van der Waals surface area contributed by atoms with Gasteiger partial charge < -0.3 is 50.7 Å². The second-order valence-electron chi connectivity index (χ2n) is 23.3. The molecule has 4 rings (SSSR count). The third-order valence-electron chi connectivity index (χ3n) is 15.4. The Bertz CT molecular complexity index is 2390. The normalized spacial score (nSPS) is 26.6. The minimum Gasteiger partial charge on any atom is -0.450 e. The molecule has 19 nitrogen and oxygen atoms in total. The lowest BCUT2D eigenvalue weighted by Gasteiger charge is -2.39. The van der Waals surface area contributed by atoms with Crippen molar-refractivity contribution in [3.63, 3.8) is 0 Å². The summed E-state index contributed by atoms with van der Waals surface area (Å²) in [5, 5.41) is 23.1. The molecule has 432 valence electrons. The van der Waals surface area contributed by atoms with Gasteiger partial charge in [-0.1, -0.05) is 136 Å². The maximum Gasteiger partial charge on any atom is 0.332 e. The smallest absolute Gasteiger partial charge is 0.332 e. The molecule has 0 aliphatic carbocycles. The molecule has 2 aliphatic rings. The number of likely N-dealkylation sites (N-methyl/N-ethyl adjacent to an activating group) is 3. The molecule has 2 heterocycles. The van der Waals surface area contributed by atoms with Gasteiger partial charge in [0.05, 0.1) is 5.60 Å². The molecule has 2 saturated heterocycles. The van der Waals surface area contributed by atoms with E-state index in [1.807, 2.05) is 57.2 Å². The quantitative estimate of drug-likeness (QED) is 0.179. The minimum absolute atomic E-state index is 0.0104. The highest BCUT2D eigenvalue weighted by atomic mass is 16.6. The third-order valence-corrected chi connectivity index (χ3v) is 15.4. The van der Waals surface area contributed by atoms with E-state index in [0.29, 0.717) is 24.8 Å². The molecular weight excluding hydrogens is 997 g/mol. The predicted octanol–water partition coefficient (Wildman–Crippen LogP) is 4.03. The van der Waals surface area contributed by atoms with Gasteiger partial charge in [-0.15, -0.1) is 0 Å². The van der Waals surface area contributed by atoms with Crippen LogP contribution < -0.4 is 21.3 Å². The van der Waals surface area contributed by atoms with Crippen LogP contribution in [-0.2, 0) is 60.7 Å². The second kappa shape index (κ2) is 28.5. The van der Waals surface area contributed by atoms with Crippen molar-refractivity contribution in [3.8, 4) is 0 Å². The van der Waals surface area contributed by atoms with Gasteiger partial charge in [0.25, 0.3) is 5.91 Å². The Kier molecular flexibility index (Phi) is 23.4. The molecule has 11 atom stereocenters. The molecule has 0 spiro atoms. The summed E-state index contributed by atoms with van der Waals surface area (Å²) in [6.07, 6.45) is 0.0739. The van der Waals surface area contributed by atoms with Gasteiger partial charge in [0.2, 0.25) is 41.4 Å². The fourth-order valence-corrected chi connectivity index (χ4v) is 10.5. The number of aliphatic hydroxyl groups is 1. The Hall–Kier alpha value is -6.37. The molecule has 5 N–H and O–H groups in total. The fraction of sp³-hybridized carbons (Fsp3) is 0.644. The van der Waals surface area contributed by atoms with Gasteiger partial charge >= 0.3 is 5.97 Å². The summed E-state index contributed by atoms with van der Waals surface area (Å²) in [5.41, 5.74) is -0.557. The van der Waals surface area contributed by atoms with Crippen molar-refractivity contribution in [2.75, 3.05) is 27.7 Å². The molecule has 0 radical (unpaired) electrons. The van der Waals surface area contributed by atoms with Crippen LogP contribution in [0.3, 0.4) is 0 Å². The number of hydrogen-bond acceptors (Lipinski definition) is 11. The summed E-state index contributed by atoms with van der Waals surface area (Å²) in [7, 11) is 4.24. The number of nitrogens with zero attached hydrogens (tertiary/aromatic N) is 4. The van der Waals surface area contributed by atoms with Crippen molar-refractivity contribution in [3.05, 3.63) is 71.8 Å². The largest absolute Gasteiger partial charge is 0.450 e. The van der Waals surface area contributed by atoms with Gasteiger partial charge in [-0.3, -0.25) is 38.4 Å². The summed E-state index contributed by atoms with van der Waals surface area (Å²) < 4.78 is 6.00. The molecule has 78 heavy (non-hydrogen) atoms. The number of fused-ring (bicyclic) bond motifs is 1. The van der Waals surface area contributed by atoms with Gasteiger partial charge in [-0.05, 0) is 74.3 Å². The molecule has 19 heteroatoms. The lowest BCUT2D eigenvalue weighted by Crippen LogP contribution is -2.63. The Morgan fingerprint density at radius 3 is 1.63 bits per heavy atom. The highest BCUT2D eigenvalue weighted by molar-refractivity contribution is 5.99. The summed E-state index contributed by atoms with van der Waals surface area (Å²) in [4.78, 5) is 138. The van der Waals surface area contributed by atoms with E-state index in [9.17, 15) is 38.7 Å². The average molecular weight is 1090 g/mol. The van der Waals surface area contributed by atoms with Crippen molar-refractivity contribution in [1.29, 1.82) is 0 Å². The van der Waals surface area contributed by atoms with Crippen LogP contribution in [0.25, 0.3) is 0 Å². The molecule has 0 unspecified atom stereocenters. The summed E-state index contributed by atoms with van der Waals surface area (Å²) >= 11 is 0. The minimum atomic E-state index is -1.97. The Morgan fingerprint density at radius 1 is 0.590 bits per heavy atom. The van der Waals surface area contributed by atoms with E-state index >= 15 is 9.59 Å². The van der Waals surface area contributed by atoms with Crippen LogP contribution in [0.2, 0.25) is 0 Å². The number of ether oxygens (including phenoxy) is 1. The number of carbonyl (C=O) groups is 9. The molecule has 8 amide bonds. The number of carbonyl (C=O) groups excluding carboxylic acids is 9. The number of amides is 8. The molecule has 2 aromatic carbocycles. The van der Waals surface area contributed by atoms with Crippen LogP contribution in [0.15, 0.2) is 60.7 Å². The highest BCUT2D eigenvalue weighted by Crippen LogP contribution is 2.26. The van der Waals surface area contributed by atoms with Gasteiger partial charge in [-0.25, -0.2) is 4.79 Å². The van der Waals surface area contributed by atoms with Crippen LogP contribution in [0.4, 0.5) is 0 Å². The fourth-order valence-electron chi connectivity index (χ4n) is 10.5. The standard InChI is InChI=1S/C59H90N8O11/c1-16-37(9)46-57(75)65(14)47(36(7)8)52(70)61-41(31-34(3)4)55(73)66(15)49(59(11,12)77)58(76)78-48(38(10)17-2)53(71)62-45(35(5)6)51(69)60-42(32-39-25-20-18-21-26-39)54(72)64(13)44(33-40-27-22-19-23-28-40)56(74)67-30-24-29-43(67)50(68)63-46/h18-23,25-28,34-38,41-49,77H,16-17,24,29-33H2,1-15H3,(H,60,69)(H,61,70)(H,62,71)(H,63,68)/t37-,38-,41+,42+,43+,44+,45+,46+,47+,48-,49-/m1/s1. The van der Waals surface area contributed by atoms with Gasteiger partial charge in [0.15, 0.2) is 12.1 Å². The first-order valence-corrected chi connectivity index (χ1v) is 27.9. The Labute approximate surface area is 462 Å². The van der Waals surface area contributed by atoms with Crippen molar-refractivity contribution in [2.24, 2.45) is 29.6 Å².